The van der Waals surface area contributed by atoms with Crippen molar-refractivity contribution in [1.82, 2.24) is 34.4 Å². The van der Waals surface area contributed by atoms with E-state index >= 15 is 0 Å². The van der Waals surface area contributed by atoms with E-state index < -0.39 is 101 Å². The number of amides is 1. The van der Waals surface area contributed by atoms with E-state index in [-0.39, 0.29) is 48.8 Å². The molecule has 2 fully saturated rings. The van der Waals surface area contributed by atoms with Crippen molar-refractivity contribution < 1.29 is 66.5 Å². The summed E-state index contributed by atoms with van der Waals surface area (Å²) in [5, 5.41) is 14.1. The van der Waals surface area contributed by atoms with Crippen LogP contribution in [-0.4, -0.2) is 117 Å². The molecule has 25 nitrogen and oxygen atoms in total. The molecule has 5 heterocycles. The number of aliphatic hydroxyl groups is 1. The van der Waals surface area contributed by atoms with Crippen molar-refractivity contribution >= 4 is 50.3 Å². The lowest BCUT2D eigenvalue weighted by molar-refractivity contribution is -0.158. The second-order valence-electron chi connectivity index (χ2n) is 13.4. The SMILES string of the molecule is Nc1ccn([C@H]2C[C@H](P(=O)(O)OC[C@H]3O[C@@H](n4cnc5c(N)ncnc54)[C@H](O)[C@@H]3OC(=O)[C@@H](N)CCCNC(=O)OCc3ccccc3)[C@@H](COP(=O)(O)O)O2)c(=O)n1. The number of phosphoric ester groups is 1. The molecule has 11 N–H and O–H groups in total. The largest absolute Gasteiger partial charge is 0.469 e. The minimum atomic E-state index is -5.10. The third-order valence-electron chi connectivity index (χ3n) is 9.32. The van der Waals surface area contributed by atoms with Gasteiger partial charge in [0.05, 0.1) is 31.3 Å². The van der Waals surface area contributed by atoms with E-state index in [1.807, 2.05) is 6.07 Å². The van der Waals surface area contributed by atoms with E-state index in [2.05, 4.69) is 29.8 Å². The van der Waals surface area contributed by atoms with Gasteiger partial charge in [0, 0.05) is 19.2 Å². The number of nitrogens with zero attached hydrogens (tertiary/aromatic N) is 6. The number of aliphatic hydroxyl groups excluding tert-OH is 1. The molecule has 0 aliphatic carbocycles. The van der Waals surface area contributed by atoms with Crippen LogP contribution in [0.2, 0.25) is 0 Å². The summed E-state index contributed by atoms with van der Waals surface area (Å²) in [4.78, 5) is 83.7. The van der Waals surface area contributed by atoms with Crippen LogP contribution in [0.1, 0.15) is 37.3 Å². The Bertz CT molecular complexity index is 2260. The number of ether oxygens (including phenoxy) is 4. The Morgan fingerprint density at radius 2 is 1.75 bits per heavy atom. The van der Waals surface area contributed by atoms with Crippen LogP contribution in [0, 0.1) is 0 Å². The fraction of sp³-hybridized carbons (Fsp3) is 0.469. The standard InChI is InChI=1S/C32H42N10O15P2/c33-18(7-4-9-36-32(46)52-12-17-5-2-1-3-6-17)30(44)57-26-20(56-29(25(26)43)42-16-39-24-27(35)37-15-38-28(24)42)14-53-58(47,48)21-11-23(41-10-8-22(34)40-31(41)45)55-19(21)13-54-59(49,50)51/h1-3,5-6,8,10,15-16,18-21,23,25-26,29,43H,4,7,9,11-14,33H2,(H,36,46)(H,47,48)(H2,34,40,45)(H2,35,37,38)(H2,49,50,51)/t18-,19+,20+,21-,23+,25+,26+,29+/m0/s1. The van der Waals surface area contributed by atoms with Crippen molar-refractivity contribution in [1.29, 1.82) is 0 Å². The third kappa shape index (κ3) is 10.8. The molecule has 0 spiro atoms. The molecule has 1 amide bonds. The topological polar surface area (TPSA) is 373 Å². The van der Waals surface area contributed by atoms with Crippen molar-refractivity contribution in [3.05, 3.63) is 71.3 Å². The average molecular weight is 869 g/mol. The first-order valence-electron chi connectivity index (χ1n) is 17.8. The fourth-order valence-corrected chi connectivity index (χ4v) is 8.30. The molecular weight excluding hydrogens is 826 g/mol. The van der Waals surface area contributed by atoms with Crippen LogP contribution in [0.5, 0.6) is 0 Å². The van der Waals surface area contributed by atoms with Gasteiger partial charge in [-0.3, -0.25) is 23.0 Å². The Labute approximate surface area is 333 Å². The molecule has 0 radical (unpaired) electrons. The van der Waals surface area contributed by atoms with Crippen LogP contribution in [0.25, 0.3) is 11.2 Å². The van der Waals surface area contributed by atoms with Crippen molar-refractivity contribution in [2.75, 3.05) is 31.2 Å². The summed E-state index contributed by atoms with van der Waals surface area (Å²) < 4.78 is 60.4. The lowest BCUT2D eigenvalue weighted by atomic mass is 10.1. The zero-order valence-corrected chi connectivity index (χ0v) is 32.6. The Morgan fingerprint density at radius 3 is 2.47 bits per heavy atom. The number of nitrogen functional groups attached to an aromatic ring is 2. The quantitative estimate of drug-likeness (QED) is 0.0374. The van der Waals surface area contributed by atoms with Crippen molar-refractivity contribution in [2.24, 2.45) is 5.73 Å². The lowest BCUT2D eigenvalue weighted by Gasteiger charge is -2.26. The number of aromatic nitrogens is 6. The second-order valence-corrected chi connectivity index (χ2v) is 16.7. The zero-order valence-electron chi connectivity index (χ0n) is 30.9. The lowest BCUT2D eigenvalue weighted by Crippen LogP contribution is -2.43. The van der Waals surface area contributed by atoms with Gasteiger partial charge in [0.25, 0.3) is 0 Å². The van der Waals surface area contributed by atoms with Crippen LogP contribution in [-0.2, 0) is 48.5 Å². The smallest absolute Gasteiger partial charge is 0.455 e. The minimum Gasteiger partial charge on any atom is -0.455 e. The highest BCUT2D eigenvalue weighted by atomic mass is 31.2. The van der Waals surface area contributed by atoms with E-state index in [9.17, 15) is 43.3 Å². The number of anilines is 2. The summed E-state index contributed by atoms with van der Waals surface area (Å²) >= 11 is 0. The maximum absolute atomic E-state index is 13.9. The average Bonchev–Trinajstić information content (AvgIpc) is 3.90. The van der Waals surface area contributed by atoms with Gasteiger partial charge in [-0.15, -0.1) is 0 Å². The molecule has 0 bridgehead atoms. The number of imidazole rings is 1. The van der Waals surface area contributed by atoms with E-state index in [0.717, 1.165) is 16.5 Å². The third-order valence-corrected chi connectivity index (χ3v) is 11.7. The predicted octanol–water partition coefficient (Wildman–Crippen LogP) is -0.581. The number of benzene rings is 1. The van der Waals surface area contributed by atoms with E-state index in [0.29, 0.717) is 0 Å². The number of hydrogen-bond donors (Lipinski definition) is 8. The molecule has 27 heteroatoms. The molecule has 6 rings (SSSR count). The molecule has 2 aliphatic rings. The Balaban J connectivity index is 1.14. The normalized spacial score (nSPS) is 24.7. The molecule has 3 aromatic heterocycles. The van der Waals surface area contributed by atoms with Gasteiger partial charge >= 0.3 is 33.2 Å². The van der Waals surface area contributed by atoms with Crippen molar-refractivity contribution in [2.45, 2.75) is 74.4 Å². The maximum atomic E-state index is 13.9. The minimum absolute atomic E-state index is 0.0154. The van der Waals surface area contributed by atoms with Crippen LogP contribution in [0.15, 0.2) is 60.0 Å². The maximum Gasteiger partial charge on any atom is 0.469 e. The van der Waals surface area contributed by atoms with Gasteiger partial charge in [-0.1, -0.05) is 30.3 Å². The number of carbonyl (C=O) groups is 2. The Morgan fingerprint density at radius 1 is 1.00 bits per heavy atom. The number of fused-ring (bicyclic) bond motifs is 1. The summed E-state index contributed by atoms with van der Waals surface area (Å²) in [6, 6.07) is 9.04. The molecule has 1 aromatic carbocycles. The molecular formula is C32H42N10O15P2. The molecule has 4 aromatic rings. The second kappa shape index (κ2) is 18.6. The number of alkyl carbamates (subject to hydrolysis) is 1. The fourth-order valence-electron chi connectivity index (χ4n) is 6.38. The summed E-state index contributed by atoms with van der Waals surface area (Å²) in [6.07, 6.45) is -6.11. The Kier molecular flexibility index (Phi) is 13.7. The summed E-state index contributed by atoms with van der Waals surface area (Å²) in [6.45, 7) is -1.55. The highest BCUT2D eigenvalue weighted by molar-refractivity contribution is 7.53. The first-order chi connectivity index (χ1) is 28.0. The van der Waals surface area contributed by atoms with Gasteiger partial charge < -0.3 is 65.8 Å². The number of nitrogens with two attached hydrogens (primary N) is 3. The van der Waals surface area contributed by atoms with Crippen LogP contribution < -0.4 is 28.2 Å². The van der Waals surface area contributed by atoms with E-state index in [1.54, 1.807) is 24.3 Å². The van der Waals surface area contributed by atoms with Crippen LogP contribution in [0.4, 0.5) is 16.4 Å². The molecule has 2 aliphatic heterocycles. The van der Waals surface area contributed by atoms with E-state index in [4.69, 9.17) is 40.7 Å². The number of nitrogens with one attached hydrogen (secondary N) is 1. The van der Waals surface area contributed by atoms with Gasteiger partial charge in [-0.05, 0) is 24.5 Å². The summed E-state index contributed by atoms with van der Waals surface area (Å²) in [5.41, 5.74) is 16.3. The van der Waals surface area contributed by atoms with Crippen molar-refractivity contribution in [3.8, 4) is 0 Å². The van der Waals surface area contributed by atoms with Gasteiger partial charge in [0.2, 0.25) is 0 Å². The van der Waals surface area contributed by atoms with Gasteiger partial charge in [-0.25, -0.2) is 29.1 Å². The molecule has 9 atom stereocenters. The summed E-state index contributed by atoms with van der Waals surface area (Å²) in [5.74, 6) is -1.09. The predicted molar refractivity (Wildman–Crippen MR) is 200 cm³/mol. The molecule has 320 valence electrons. The molecule has 59 heavy (non-hydrogen) atoms. The zero-order chi connectivity index (χ0) is 42.5. The Hall–Kier alpha value is -4.91. The van der Waals surface area contributed by atoms with Gasteiger partial charge in [0.15, 0.2) is 23.8 Å². The number of phosphoric acid groups is 1. The van der Waals surface area contributed by atoms with Gasteiger partial charge in [0.1, 0.15) is 48.7 Å². The number of hydrogen-bond acceptors (Lipinski definition) is 19. The number of rotatable bonds is 17. The first-order valence-corrected chi connectivity index (χ1v) is 21.0. The van der Waals surface area contributed by atoms with Crippen LogP contribution >= 0.6 is 15.4 Å². The first kappa shape index (κ1) is 43.7. The molecule has 2 saturated heterocycles. The highest BCUT2D eigenvalue weighted by Crippen LogP contribution is 2.56. The monoisotopic (exact) mass is 868 g/mol. The van der Waals surface area contributed by atoms with E-state index in [1.165, 1.54) is 23.2 Å². The molecule has 1 unspecified atom stereocenters. The highest BCUT2D eigenvalue weighted by Gasteiger charge is 2.52. The number of esters is 1. The van der Waals surface area contributed by atoms with Crippen molar-refractivity contribution in [3.63, 3.8) is 0 Å². The number of carbonyl (C=O) groups excluding carboxylic acids is 2. The van der Waals surface area contributed by atoms with Crippen LogP contribution in [0.3, 0.4) is 0 Å². The molecule has 0 saturated carbocycles. The summed E-state index contributed by atoms with van der Waals surface area (Å²) in [7, 11) is -10.0. The van der Waals surface area contributed by atoms with Gasteiger partial charge in [-0.2, -0.15) is 4.98 Å².